The number of nitrogens with two attached hydrogens (primary N) is 1. The first-order chi connectivity index (χ1) is 6.42. The smallest absolute Gasteiger partial charge is 0.137 e. The van der Waals surface area contributed by atoms with Crippen LogP contribution in [0, 0.1) is 0 Å². The summed E-state index contributed by atoms with van der Waals surface area (Å²) in [7, 11) is 0. The van der Waals surface area contributed by atoms with E-state index in [0.29, 0.717) is 6.54 Å². The predicted molar refractivity (Wildman–Crippen MR) is 51.5 cm³/mol. The van der Waals surface area contributed by atoms with Crippen molar-refractivity contribution in [1.29, 1.82) is 0 Å². The SMILES string of the molecule is NCC(c1ccsc1)n1cncn1. The molecule has 4 nitrogen and oxygen atoms in total. The van der Waals surface area contributed by atoms with Crippen LogP contribution in [0.25, 0.3) is 0 Å². The Labute approximate surface area is 80.0 Å². The lowest BCUT2D eigenvalue weighted by Crippen LogP contribution is -2.20. The topological polar surface area (TPSA) is 56.7 Å². The molecule has 1 atom stereocenters. The van der Waals surface area contributed by atoms with Gasteiger partial charge in [-0.3, -0.25) is 0 Å². The van der Waals surface area contributed by atoms with Crippen LogP contribution in [-0.2, 0) is 0 Å². The fourth-order valence-electron chi connectivity index (χ4n) is 1.24. The molecular weight excluding hydrogens is 184 g/mol. The summed E-state index contributed by atoms with van der Waals surface area (Å²) in [5.74, 6) is 0. The minimum atomic E-state index is 0.119. The molecule has 0 saturated heterocycles. The molecule has 0 radical (unpaired) electrons. The first-order valence-electron chi connectivity index (χ1n) is 3.98. The molecule has 0 aliphatic heterocycles. The van der Waals surface area contributed by atoms with E-state index in [1.54, 1.807) is 22.3 Å². The molecule has 1 unspecified atom stereocenters. The molecule has 0 aromatic carbocycles. The first-order valence-corrected chi connectivity index (χ1v) is 4.92. The molecule has 0 fully saturated rings. The van der Waals surface area contributed by atoms with Crippen molar-refractivity contribution in [3.63, 3.8) is 0 Å². The molecule has 13 heavy (non-hydrogen) atoms. The zero-order chi connectivity index (χ0) is 9.10. The lowest BCUT2D eigenvalue weighted by atomic mass is 10.1. The van der Waals surface area contributed by atoms with Gasteiger partial charge in [0, 0.05) is 6.54 Å². The van der Waals surface area contributed by atoms with Gasteiger partial charge in [-0.2, -0.15) is 16.4 Å². The van der Waals surface area contributed by atoms with E-state index in [-0.39, 0.29) is 6.04 Å². The molecule has 0 bridgehead atoms. The number of hydrogen-bond acceptors (Lipinski definition) is 4. The molecule has 0 saturated carbocycles. The highest BCUT2D eigenvalue weighted by atomic mass is 32.1. The second-order valence-electron chi connectivity index (χ2n) is 2.68. The van der Waals surface area contributed by atoms with Crippen molar-refractivity contribution in [2.75, 3.05) is 6.54 Å². The first kappa shape index (κ1) is 8.40. The predicted octanol–water partition coefficient (Wildman–Crippen LogP) is 0.888. The van der Waals surface area contributed by atoms with Crippen LogP contribution < -0.4 is 5.73 Å². The second-order valence-corrected chi connectivity index (χ2v) is 3.46. The van der Waals surface area contributed by atoms with Crippen molar-refractivity contribution in [3.05, 3.63) is 35.0 Å². The Morgan fingerprint density at radius 1 is 1.62 bits per heavy atom. The Morgan fingerprint density at radius 3 is 3.08 bits per heavy atom. The summed E-state index contributed by atoms with van der Waals surface area (Å²) in [5, 5.41) is 8.19. The van der Waals surface area contributed by atoms with Crippen molar-refractivity contribution in [2.24, 2.45) is 5.73 Å². The third kappa shape index (κ3) is 1.61. The Hall–Kier alpha value is -1.20. The normalized spacial score (nSPS) is 13.0. The molecule has 5 heteroatoms. The zero-order valence-corrected chi connectivity index (χ0v) is 7.81. The van der Waals surface area contributed by atoms with Crippen molar-refractivity contribution in [2.45, 2.75) is 6.04 Å². The van der Waals surface area contributed by atoms with Crippen LogP contribution in [0.15, 0.2) is 29.5 Å². The molecule has 0 spiro atoms. The summed E-state index contributed by atoms with van der Waals surface area (Å²) < 4.78 is 1.78. The number of hydrogen-bond donors (Lipinski definition) is 1. The van der Waals surface area contributed by atoms with Gasteiger partial charge in [-0.1, -0.05) is 0 Å². The van der Waals surface area contributed by atoms with Gasteiger partial charge >= 0.3 is 0 Å². The van der Waals surface area contributed by atoms with Gasteiger partial charge in [0.2, 0.25) is 0 Å². The van der Waals surface area contributed by atoms with E-state index in [2.05, 4.69) is 21.5 Å². The summed E-state index contributed by atoms with van der Waals surface area (Å²) in [6.07, 6.45) is 3.21. The summed E-state index contributed by atoms with van der Waals surface area (Å²) >= 11 is 1.66. The third-order valence-electron chi connectivity index (χ3n) is 1.91. The molecule has 2 heterocycles. The molecule has 2 rings (SSSR count). The Morgan fingerprint density at radius 2 is 2.54 bits per heavy atom. The number of rotatable bonds is 3. The lowest BCUT2D eigenvalue weighted by molar-refractivity contribution is 0.532. The second kappa shape index (κ2) is 3.68. The van der Waals surface area contributed by atoms with Crippen molar-refractivity contribution < 1.29 is 0 Å². The van der Waals surface area contributed by atoms with Crippen LogP contribution in [0.3, 0.4) is 0 Å². The van der Waals surface area contributed by atoms with Gasteiger partial charge in [0.1, 0.15) is 12.7 Å². The van der Waals surface area contributed by atoms with E-state index in [4.69, 9.17) is 5.73 Å². The van der Waals surface area contributed by atoms with Gasteiger partial charge in [-0.25, -0.2) is 9.67 Å². The van der Waals surface area contributed by atoms with Crippen LogP contribution in [0.5, 0.6) is 0 Å². The van der Waals surface area contributed by atoms with Gasteiger partial charge in [-0.05, 0) is 22.4 Å². The van der Waals surface area contributed by atoms with Gasteiger partial charge < -0.3 is 5.73 Å². The van der Waals surface area contributed by atoms with Crippen LogP contribution in [0.4, 0.5) is 0 Å². The van der Waals surface area contributed by atoms with Crippen molar-refractivity contribution >= 4 is 11.3 Å². The van der Waals surface area contributed by atoms with Crippen LogP contribution >= 0.6 is 11.3 Å². The highest BCUT2D eigenvalue weighted by Gasteiger charge is 2.11. The minimum absolute atomic E-state index is 0.119. The molecule has 0 aliphatic rings. The minimum Gasteiger partial charge on any atom is -0.328 e. The largest absolute Gasteiger partial charge is 0.328 e. The quantitative estimate of drug-likeness (QED) is 0.789. The number of aromatic nitrogens is 3. The average Bonchev–Trinajstić information content (AvgIpc) is 2.76. The maximum atomic E-state index is 5.67. The fourth-order valence-corrected chi connectivity index (χ4v) is 1.95. The van der Waals surface area contributed by atoms with E-state index < -0.39 is 0 Å². The number of thiophene rings is 1. The van der Waals surface area contributed by atoms with Gasteiger partial charge in [-0.15, -0.1) is 0 Å². The highest BCUT2D eigenvalue weighted by molar-refractivity contribution is 7.07. The summed E-state index contributed by atoms with van der Waals surface area (Å²) in [6.45, 7) is 0.542. The van der Waals surface area contributed by atoms with Gasteiger partial charge in [0.15, 0.2) is 0 Å². The molecule has 2 aromatic heterocycles. The van der Waals surface area contributed by atoms with Crippen LogP contribution in [-0.4, -0.2) is 21.3 Å². The van der Waals surface area contributed by atoms with Crippen LogP contribution in [0.1, 0.15) is 11.6 Å². The van der Waals surface area contributed by atoms with E-state index in [1.165, 1.54) is 11.9 Å². The average molecular weight is 194 g/mol. The number of nitrogens with zero attached hydrogens (tertiary/aromatic N) is 3. The zero-order valence-electron chi connectivity index (χ0n) is 7.00. The maximum Gasteiger partial charge on any atom is 0.137 e. The molecule has 0 amide bonds. The molecule has 2 aromatic rings. The summed E-state index contributed by atoms with van der Waals surface area (Å²) in [6, 6.07) is 2.18. The maximum absolute atomic E-state index is 5.67. The summed E-state index contributed by atoms with van der Waals surface area (Å²) in [5.41, 5.74) is 6.86. The van der Waals surface area contributed by atoms with Crippen molar-refractivity contribution in [1.82, 2.24) is 14.8 Å². The van der Waals surface area contributed by atoms with E-state index in [0.717, 1.165) is 0 Å². The van der Waals surface area contributed by atoms with Gasteiger partial charge in [0.05, 0.1) is 6.04 Å². The monoisotopic (exact) mass is 194 g/mol. The van der Waals surface area contributed by atoms with Gasteiger partial charge in [0.25, 0.3) is 0 Å². The van der Waals surface area contributed by atoms with E-state index in [1.807, 2.05) is 5.38 Å². The Balaban J connectivity index is 2.29. The third-order valence-corrected chi connectivity index (χ3v) is 2.61. The molecule has 2 N–H and O–H groups in total. The van der Waals surface area contributed by atoms with E-state index in [9.17, 15) is 0 Å². The fraction of sp³-hybridized carbons (Fsp3) is 0.250. The Bertz CT molecular complexity index is 306. The Kier molecular flexibility index (Phi) is 2.37. The standard InChI is InChI=1S/C8H10N4S/c9-3-8(7-1-2-13-4-7)12-6-10-5-11-12/h1-2,4-6,8H,3,9H2. The molecule has 68 valence electrons. The van der Waals surface area contributed by atoms with Crippen molar-refractivity contribution in [3.8, 4) is 0 Å². The van der Waals surface area contributed by atoms with Crippen LogP contribution in [0.2, 0.25) is 0 Å². The molecular formula is C8H10N4S. The van der Waals surface area contributed by atoms with E-state index >= 15 is 0 Å². The molecule has 0 aliphatic carbocycles. The highest BCUT2D eigenvalue weighted by Crippen LogP contribution is 2.18. The lowest BCUT2D eigenvalue weighted by Gasteiger charge is -2.12. The summed E-state index contributed by atoms with van der Waals surface area (Å²) in [4.78, 5) is 3.90.